The van der Waals surface area contributed by atoms with Crippen LogP contribution in [0, 0.1) is 0 Å². The third-order valence-electron chi connectivity index (χ3n) is 5.93. The first kappa shape index (κ1) is 23.6. The maximum absolute atomic E-state index is 5.54. The summed E-state index contributed by atoms with van der Waals surface area (Å²) in [5.74, 6) is 0. The molecule has 150 valence electrons. The normalized spacial score (nSPS) is 13.0. The second-order valence-electron chi connectivity index (χ2n) is 8.30. The molecule has 0 unspecified atom stereocenters. The van der Waals surface area contributed by atoms with Crippen molar-refractivity contribution in [2.45, 2.75) is 77.2 Å². The fraction of sp³-hybridized carbons (Fsp3) is 0.714. The molecule has 0 aliphatic rings. The van der Waals surface area contributed by atoms with Crippen molar-refractivity contribution in [1.82, 2.24) is 4.57 Å². The van der Waals surface area contributed by atoms with Crippen LogP contribution in [0.15, 0.2) is 30.3 Å². The molecule has 0 amide bonds. The van der Waals surface area contributed by atoms with E-state index in [-0.39, 0.29) is 0 Å². The van der Waals surface area contributed by atoms with E-state index in [1.165, 1.54) is 5.56 Å². The van der Waals surface area contributed by atoms with Crippen molar-refractivity contribution >= 4 is 17.5 Å². The predicted octanol–water partition coefficient (Wildman–Crippen LogP) is 5.57. The maximum atomic E-state index is 5.54. The molecule has 0 fully saturated rings. The summed E-state index contributed by atoms with van der Waals surface area (Å²) in [6, 6.07) is 12.1. The predicted molar refractivity (Wildman–Crippen MR) is 118 cm³/mol. The Labute approximate surface area is 165 Å². The van der Waals surface area contributed by atoms with Crippen LogP contribution in [0.3, 0.4) is 0 Å². The van der Waals surface area contributed by atoms with Gasteiger partial charge in [-0.2, -0.15) is 0 Å². The van der Waals surface area contributed by atoms with Gasteiger partial charge < -0.3 is 13.4 Å². The number of nitrogens with zero attached hydrogens (tertiary/aromatic N) is 1. The molecule has 1 aromatic carbocycles. The largest absolute Gasteiger partial charge is 0.400 e. The van der Waals surface area contributed by atoms with Crippen LogP contribution in [0.5, 0.6) is 0 Å². The summed E-state index contributed by atoms with van der Waals surface area (Å²) in [5, 5.41) is 0. The molecule has 0 aliphatic heterocycles. The summed E-state index contributed by atoms with van der Waals surface area (Å²) >= 11 is 0. The molecule has 0 radical (unpaired) electrons. The lowest BCUT2D eigenvalue weighted by molar-refractivity contribution is 0.273. The Morgan fingerprint density at radius 2 is 1.38 bits per heavy atom. The number of hydrogen-bond acceptors (Lipinski definition) is 3. The van der Waals surface area contributed by atoms with Gasteiger partial charge in [0, 0.05) is 20.8 Å². The Morgan fingerprint density at radius 1 is 0.885 bits per heavy atom. The molecule has 1 rings (SSSR count). The highest BCUT2D eigenvalue weighted by Crippen LogP contribution is 2.44. The summed E-state index contributed by atoms with van der Waals surface area (Å²) in [7, 11) is 0.438. The number of hydrogen-bond donors (Lipinski definition) is 0. The molecule has 3 nitrogen and oxygen atoms in total. The highest BCUT2D eigenvalue weighted by Gasteiger charge is 2.47. The van der Waals surface area contributed by atoms with Crippen LogP contribution in [0.4, 0.5) is 0 Å². The van der Waals surface area contributed by atoms with Crippen LogP contribution in [0.2, 0.25) is 22.7 Å². The van der Waals surface area contributed by atoms with E-state index >= 15 is 0 Å². The van der Waals surface area contributed by atoms with Crippen molar-refractivity contribution in [3.63, 3.8) is 0 Å². The first-order chi connectivity index (χ1) is 12.3. The van der Waals surface area contributed by atoms with Crippen LogP contribution in [0.25, 0.3) is 0 Å². The minimum absolute atomic E-state index is 0.726. The Bertz CT molecular complexity index is 468. The Hall–Kier alpha value is -0.466. The van der Waals surface area contributed by atoms with Gasteiger partial charge in [0.15, 0.2) is 0 Å². The van der Waals surface area contributed by atoms with E-state index in [1.807, 2.05) is 0 Å². The van der Waals surface area contributed by atoms with Gasteiger partial charge in [-0.15, -0.1) is 0 Å². The molecular weight excluding hydrogens is 354 g/mol. The lowest BCUT2D eigenvalue weighted by Gasteiger charge is -2.51. The van der Waals surface area contributed by atoms with E-state index in [2.05, 4.69) is 76.4 Å². The SMILES string of the molecule is CO[SiH](CCCN(Cc1ccccc1)[Si](C(C)C)(C(C)C)C(C)C)OC. The molecule has 0 saturated heterocycles. The van der Waals surface area contributed by atoms with Crippen LogP contribution >= 0.6 is 0 Å². The van der Waals surface area contributed by atoms with Crippen LogP contribution < -0.4 is 0 Å². The zero-order chi connectivity index (χ0) is 19.7. The maximum Gasteiger partial charge on any atom is 0.320 e. The molecule has 0 heterocycles. The Morgan fingerprint density at radius 3 is 1.81 bits per heavy atom. The molecule has 26 heavy (non-hydrogen) atoms. The fourth-order valence-corrected chi connectivity index (χ4v) is 13.5. The zero-order valence-corrected chi connectivity index (χ0v) is 20.4. The molecule has 0 saturated carbocycles. The van der Waals surface area contributed by atoms with Gasteiger partial charge in [-0.25, -0.2) is 0 Å². The monoisotopic (exact) mass is 395 g/mol. The topological polar surface area (TPSA) is 21.7 Å². The molecule has 0 aromatic heterocycles. The van der Waals surface area contributed by atoms with E-state index in [9.17, 15) is 0 Å². The minimum atomic E-state index is -1.67. The van der Waals surface area contributed by atoms with E-state index in [1.54, 1.807) is 14.2 Å². The van der Waals surface area contributed by atoms with Gasteiger partial charge in [-0.05, 0) is 41.2 Å². The van der Waals surface area contributed by atoms with Crippen molar-refractivity contribution in [3.8, 4) is 0 Å². The van der Waals surface area contributed by atoms with Gasteiger partial charge in [0.25, 0.3) is 0 Å². The van der Waals surface area contributed by atoms with Crippen molar-refractivity contribution in [3.05, 3.63) is 35.9 Å². The van der Waals surface area contributed by atoms with E-state index < -0.39 is 17.5 Å². The molecule has 0 atom stereocenters. The van der Waals surface area contributed by atoms with Gasteiger partial charge in [0.2, 0.25) is 0 Å². The average molecular weight is 396 g/mol. The van der Waals surface area contributed by atoms with Crippen LogP contribution in [0.1, 0.15) is 53.5 Å². The first-order valence-corrected chi connectivity index (χ1v) is 14.1. The van der Waals surface area contributed by atoms with Crippen molar-refractivity contribution in [1.29, 1.82) is 0 Å². The van der Waals surface area contributed by atoms with Gasteiger partial charge >= 0.3 is 9.28 Å². The Kier molecular flexibility index (Phi) is 10.3. The lowest BCUT2D eigenvalue weighted by Crippen LogP contribution is -2.60. The summed E-state index contributed by atoms with van der Waals surface area (Å²) in [4.78, 5) is 0. The quantitative estimate of drug-likeness (QED) is 0.432. The van der Waals surface area contributed by atoms with Gasteiger partial charge in [-0.3, -0.25) is 0 Å². The summed E-state index contributed by atoms with van der Waals surface area (Å²) in [5.41, 5.74) is 3.61. The van der Waals surface area contributed by atoms with E-state index in [0.29, 0.717) is 0 Å². The van der Waals surface area contributed by atoms with Crippen molar-refractivity contribution in [2.75, 3.05) is 20.8 Å². The molecule has 0 aliphatic carbocycles. The van der Waals surface area contributed by atoms with Crippen LogP contribution in [-0.2, 0) is 15.4 Å². The molecule has 0 N–H and O–H groups in total. The van der Waals surface area contributed by atoms with E-state index in [4.69, 9.17) is 8.85 Å². The first-order valence-electron chi connectivity index (χ1n) is 10.1. The van der Waals surface area contributed by atoms with Gasteiger partial charge in [0.05, 0.1) is 0 Å². The molecular formula is C21H41NO2Si2. The highest BCUT2D eigenvalue weighted by molar-refractivity contribution is 6.80. The van der Waals surface area contributed by atoms with Crippen LogP contribution in [-0.4, -0.2) is 42.8 Å². The second-order valence-corrected chi connectivity index (χ2v) is 16.6. The van der Waals surface area contributed by atoms with Gasteiger partial charge in [0.1, 0.15) is 8.24 Å². The van der Waals surface area contributed by atoms with Gasteiger partial charge in [-0.1, -0.05) is 71.9 Å². The standard InChI is InChI=1S/C21H41NO2Si2/c1-18(2)26(19(3)4,20(5)6)22(15-12-16-25(23-7)24-8)17-21-13-10-9-11-14-21/h9-11,13-14,18-20,25H,12,15-17H2,1-8H3. The minimum Gasteiger partial charge on any atom is -0.400 e. The smallest absolute Gasteiger partial charge is 0.320 e. The molecule has 0 bridgehead atoms. The van der Waals surface area contributed by atoms with E-state index in [0.717, 1.165) is 42.2 Å². The highest BCUT2D eigenvalue weighted by atomic mass is 28.3. The average Bonchev–Trinajstić information content (AvgIpc) is 2.59. The molecule has 0 spiro atoms. The molecule has 1 aromatic rings. The number of benzene rings is 1. The van der Waals surface area contributed by atoms with Crippen molar-refractivity contribution in [2.24, 2.45) is 0 Å². The Balaban J connectivity index is 3.10. The molecule has 5 heteroatoms. The third kappa shape index (κ3) is 5.76. The number of rotatable bonds is 12. The van der Waals surface area contributed by atoms with Crippen molar-refractivity contribution < 1.29 is 8.85 Å². The second kappa shape index (κ2) is 11.4. The fourth-order valence-electron chi connectivity index (χ4n) is 5.09. The summed E-state index contributed by atoms with van der Waals surface area (Å²) in [6.45, 7) is 16.9. The zero-order valence-electron chi connectivity index (χ0n) is 18.3. The summed E-state index contributed by atoms with van der Waals surface area (Å²) in [6.07, 6.45) is 1.16. The lowest BCUT2D eigenvalue weighted by atomic mass is 10.2. The third-order valence-corrected chi connectivity index (χ3v) is 14.9. The summed E-state index contributed by atoms with van der Waals surface area (Å²) < 4.78 is 14.0.